The first kappa shape index (κ1) is 18.3. The Kier molecular flexibility index (Phi) is 5.18. The van der Waals surface area contributed by atoms with Crippen LogP contribution in [0.5, 0.6) is 5.75 Å². The first-order chi connectivity index (χ1) is 12.3. The van der Waals surface area contributed by atoms with Crippen LogP contribution in [0.3, 0.4) is 0 Å². The van der Waals surface area contributed by atoms with Gasteiger partial charge in [0.15, 0.2) is 6.61 Å². The predicted molar refractivity (Wildman–Crippen MR) is 102 cm³/mol. The summed E-state index contributed by atoms with van der Waals surface area (Å²) < 4.78 is 31.0. The summed E-state index contributed by atoms with van der Waals surface area (Å²) in [6.45, 7) is 4.20. The first-order valence-electron chi connectivity index (χ1n) is 8.45. The molecular formula is C19H22N2O4S. The van der Waals surface area contributed by atoms with Crippen molar-refractivity contribution in [2.75, 3.05) is 28.5 Å². The molecule has 7 heteroatoms. The summed E-state index contributed by atoms with van der Waals surface area (Å²) in [6.07, 6.45) is 0.635. The van der Waals surface area contributed by atoms with Gasteiger partial charge >= 0.3 is 0 Å². The number of benzene rings is 2. The number of nitrogens with one attached hydrogen (secondary N) is 1. The number of anilines is 2. The van der Waals surface area contributed by atoms with Crippen LogP contribution in [-0.4, -0.2) is 33.2 Å². The van der Waals surface area contributed by atoms with Gasteiger partial charge in [-0.3, -0.25) is 9.10 Å². The molecule has 0 saturated carbocycles. The fourth-order valence-corrected chi connectivity index (χ4v) is 4.47. The van der Waals surface area contributed by atoms with Gasteiger partial charge < -0.3 is 10.1 Å². The molecule has 1 heterocycles. The Hall–Kier alpha value is -2.54. The highest BCUT2D eigenvalue weighted by Gasteiger charge is 2.28. The maximum atomic E-state index is 12.1. The van der Waals surface area contributed by atoms with Crippen LogP contribution in [0, 0.1) is 13.8 Å². The van der Waals surface area contributed by atoms with Gasteiger partial charge in [0.1, 0.15) is 5.75 Å². The highest BCUT2D eigenvalue weighted by atomic mass is 32.2. The minimum absolute atomic E-state index is 0.0921. The number of hydrogen-bond acceptors (Lipinski definition) is 4. The summed E-state index contributed by atoms with van der Waals surface area (Å²) in [5.41, 5.74) is 3.14. The summed E-state index contributed by atoms with van der Waals surface area (Å²) in [6, 6.07) is 12.7. The second kappa shape index (κ2) is 7.37. The number of aryl methyl sites for hydroxylation is 2. The zero-order valence-electron chi connectivity index (χ0n) is 14.9. The summed E-state index contributed by atoms with van der Waals surface area (Å²) in [4.78, 5) is 12.1. The van der Waals surface area contributed by atoms with E-state index in [0.717, 1.165) is 11.1 Å². The van der Waals surface area contributed by atoms with Gasteiger partial charge in [-0.05, 0) is 61.7 Å². The Morgan fingerprint density at radius 3 is 2.65 bits per heavy atom. The molecule has 2 aromatic rings. The molecule has 1 N–H and O–H groups in total. The van der Waals surface area contributed by atoms with Crippen molar-refractivity contribution in [3.05, 3.63) is 53.6 Å². The van der Waals surface area contributed by atoms with Gasteiger partial charge in [0.05, 0.1) is 11.4 Å². The average Bonchev–Trinajstić information content (AvgIpc) is 2.94. The van der Waals surface area contributed by atoms with E-state index in [1.54, 1.807) is 24.3 Å². The minimum atomic E-state index is -3.21. The zero-order chi connectivity index (χ0) is 18.7. The fourth-order valence-electron chi connectivity index (χ4n) is 2.91. The largest absolute Gasteiger partial charge is 0.484 e. The molecule has 0 aromatic heterocycles. The highest BCUT2D eigenvalue weighted by Crippen LogP contribution is 2.28. The lowest BCUT2D eigenvalue weighted by molar-refractivity contribution is -0.118. The molecule has 0 spiro atoms. The minimum Gasteiger partial charge on any atom is -0.484 e. The number of nitrogens with zero attached hydrogens (tertiary/aromatic N) is 1. The van der Waals surface area contributed by atoms with Crippen LogP contribution < -0.4 is 14.4 Å². The van der Waals surface area contributed by atoms with Gasteiger partial charge in [-0.15, -0.1) is 0 Å². The quantitative estimate of drug-likeness (QED) is 0.873. The van der Waals surface area contributed by atoms with E-state index < -0.39 is 10.0 Å². The van der Waals surface area contributed by atoms with E-state index in [4.69, 9.17) is 4.74 Å². The van der Waals surface area contributed by atoms with Crippen LogP contribution in [0.25, 0.3) is 0 Å². The molecule has 1 aliphatic heterocycles. The molecular weight excluding hydrogens is 352 g/mol. The summed E-state index contributed by atoms with van der Waals surface area (Å²) in [5, 5.41) is 2.80. The Labute approximate surface area is 153 Å². The van der Waals surface area contributed by atoms with Crippen LogP contribution in [0.2, 0.25) is 0 Å². The summed E-state index contributed by atoms with van der Waals surface area (Å²) in [5.74, 6) is 0.559. The van der Waals surface area contributed by atoms with Crippen molar-refractivity contribution in [2.45, 2.75) is 20.3 Å². The predicted octanol–water partition coefficient (Wildman–Crippen LogP) is 2.86. The van der Waals surface area contributed by atoms with Crippen molar-refractivity contribution in [3.8, 4) is 5.75 Å². The number of ether oxygens (including phenoxy) is 1. The van der Waals surface area contributed by atoms with E-state index >= 15 is 0 Å². The second-order valence-corrected chi connectivity index (χ2v) is 8.41. The maximum absolute atomic E-state index is 12.1. The Balaban J connectivity index is 1.63. The van der Waals surface area contributed by atoms with E-state index in [0.29, 0.717) is 30.1 Å². The number of hydrogen-bond donors (Lipinski definition) is 1. The molecule has 0 aliphatic carbocycles. The second-order valence-electron chi connectivity index (χ2n) is 6.39. The summed E-state index contributed by atoms with van der Waals surface area (Å²) in [7, 11) is -3.21. The van der Waals surface area contributed by atoms with Crippen molar-refractivity contribution < 1.29 is 17.9 Å². The van der Waals surface area contributed by atoms with Crippen LogP contribution in [0.1, 0.15) is 17.5 Å². The Morgan fingerprint density at radius 2 is 2.00 bits per heavy atom. The molecule has 1 fully saturated rings. The monoisotopic (exact) mass is 374 g/mol. The van der Waals surface area contributed by atoms with Crippen molar-refractivity contribution >= 4 is 27.3 Å². The third-order valence-corrected chi connectivity index (χ3v) is 6.10. The van der Waals surface area contributed by atoms with Crippen molar-refractivity contribution in [1.29, 1.82) is 0 Å². The van der Waals surface area contributed by atoms with Crippen LogP contribution in [0.15, 0.2) is 42.5 Å². The molecule has 3 rings (SSSR count). The van der Waals surface area contributed by atoms with Gasteiger partial charge in [0.25, 0.3) is 5.91 Å². The van der Waals surface area contributed by atoms with E-state index in [2.05, 4.69) is 5.32 Å². The molecule has 26 heavy (non-hydrogen) atoms. The third kappa shape index (κ3) is 4.16. The number of carbonyl (C=O) groups excluding carboxylic acids is 1. The van der Waals surface area contributed by atoms with Gasteiger partial charge in [-0.1, -0.05) is 12.1 Å². The van der Waals surface area contributed by atoms with E-state index in [-0.39, 0.29) is 18.3 Å². The molecule has 138 valence electrons. The molecule has 1 aliphatic rings. The lowest BCUT2D eigenvalue weighted by Gasteiger charge is -2.18. The topological polar surface area (TPSA) is 75.7 Å². The van der Waals surface area contributed by atoms with E-state index in [9.17, 15) is 13.2 Å². The van der Waals surface area contributed by atoms with Gasteiger partial charge in [-0.25, -0.2) is 8.42 Å². The number of amides is 1. The Morgan fingerprint density at radius 1 is 1.19 bits per heavy atom. The third-order valence-electron chi connectivity index (χ3n) is 4.23. The molecule has 0 bridgehead atoms. The molecule has 0 radical (unpaired) electrons. The number of rotatable bonds is 5. The zero-order valence-corrected chi connectivity index (χ0v) is 15.7. The standard InChI is InChI=1S/C19H22N2O4S/c1-14-5-3-6-17(11-14)25-13-19(22)20-18-8-7-16(12-15(18)2)21-9-4-10-26(21,23)24/h3,5-8,11-12H,4,9-10,13H2,1-2H3,(H,20,22). The molecule has 6 nitrogen and oxygen atoms in total. The SMILES string of the molecule is Cc1cccc(OCC(=O)Nc2ccc(N3CCCS3(=O)=O)cc2C)c1. The molecule has 0 unspecified atom stereocenters. The fraction of sp³-hybridized carbons (Fsp3) is 0.316. The van der Waals surface area contributed by atoms with E-state index in [1.165, 1.54) is 4.31 Å². The number of sulfonamides is 1. The van der Waals surface area contributed by atoms with Crippen molar-refractivity contribution in [2.24, 2.45) is 0 Å². The van der Waals surface area contributed by atoms with Gasteiger partial charge in [0.2, 0.25) is 10.0 Å². The summed E-state index contributed by atoms with van der Waals surface area (Å²) >= 11 is 0. The van der Waals surface area contributed by atoms with Gasteiger partial charge in [0, 0.05) is 12.2 Å². The van der Waals surface area contributed by atoms with Crippen molar-refractivity contribution in [1.82, 2.24) is 0 Å². The van der Waals surface area contributed by atoms with Crippen LogP contribution in [-0.2, 0) is 14.8 Å². The lowest BCUT2D eigenvalue weighted by atomic mass is 10.1. The lowest BCUT2D eigenvalue weighted by Crippen LogP contribution is -2.25. The maximum Gasteiger partial charge on any atom is 0.262 e. The first-order valence-corrected chi connectivity index (χ1v) is 10.1. The normalized spacial score (nSPS) is 15.7. The average molecular weight is 374 g/mol. The highest BCUT2D eigenvalue weighted by molar-refractivity contribution is 7.93. The van der Waals surface area contributed by atoms with Crippen molar-refractivity contribution in [3.63, 3.8) is 0 Å². The smallest absolute Gasteiger partial charge is 0.262 e. The van der Waals surface area contributed by atoms with Crippen LogP contribution in [0.4, 0.5) is 11.4 Å². The molecule has 0 atom stereocenters. The van der Waals surface area contributed by atoms with Crippen LogP contribution >= 0.6 is 0 Å². The van der Waals surface area contributed by atoms with Gasteiger partial charge in [-0.2, -0.15) is 0 Å². The Bertz CT molecular complexity index is 925. The molecule has 1 amide bonds. The molecule has 2 aromatic carbocycles. The van der Waals surface area contributed by atoms with E-state index in [1.807, 2.05) is 32.0 Å². The molecule has 1 saturated heterocycles. The number of carbonyl (C=O) groups is 1.